The number of nitrogens with one attached hydrogen (secondary N) is 3. The van der Waals surface area contributed by atoms with E-state index in [2.05, 4.69) is 35.3 Å². The van der Waals surface area contributed by atoms with Crippen molar-refractivity contribution in [3.8, 4) is 0 Å². The summed E-state index contributed by atoms with van der Waals surface area (Å²) in [6.45, 7) is 4.69. The number of nitrogens with zero attached hydrogens (tertiary/aromatic N) is 4. The number of aromatic nitrogens is 4. The van der Waals surface area contributed by atoms with Crippen LogP contribution in [0.5, 0.6) is 0 Å². The van der Waals surface area contributed by atoms with Crippen LogP contribution in [0.15, 0.2) is 30.5 Å². The molecule has 2 heterocycles. The molecule has 13 heteroatoms. The van der Waals surface area contributed by atoms with E-state index < -0.39 is 12.8 Å². The highest BCUT2D eigenvalue weighted by molar-refractivity contribution is 5.92. The summed E-state index contributed by atoms with van der Waals surface area (Å²) in [4.78, 5) is 31.0. The van der Waals surface area contributed by atoms with Gasteiger partial charge in [0.2, 0.25) is 6.41 Å². The molecule has 1 aliphatic carbocycles. The lowest BCUT2D eigenvalue weighted by Crippen LogP contribution is -2.28. The fourth-order valence-electron chi connectivity index (χ4n) is 3.42. The Hall–Kier alpha value is -3.45. The van der Waals surface area contributed by atoms with Gasteiger partial charge in [-0.2, -0.15) is 18.3 Å². The zero-order valence-electron chi connectivity index (χ0n) is 23.6. The molecule has 1 aromatic carbocycles. The number of imidazole rings is 1. The molecule has 1 fully saturated rings. The summed E-state index contributed by atoms with van der Waals surface area (Å²) >= 11 is 0. The van der Waals surface area contributed by atoms with Gasteiger partial charge in [0.05, 0.1) is 17.6 Å². The van der Waals surface area contributed by atoms with Crippen molar-refractivity contribution in [1.29, 1.82) is 0 Å². The Labute approximate surface area is 232 Å². The van der Waals surface area contributed by atoms with Gasteiger partial charge in [-0.15, -0.1) is 0 Å². The van der Waals surface area contributed by atoms with Crippen molar-refractivity contribution in [2.75, 3.05) is 40.4 Å². The third-order valence-electron chi connectivity index (χ3n) is 5.49. The predicted octanol–water partition coefficient (Wildman–Crippen LogP) is 3.86. The lowest BCUT2D eigenvalue weighted by Gasteiger charge is -2.16. The number of hydrogen-bond donors (Lipinski definition) is 3. The van der Waals surface area contributed by atoms with Crippen molar-refractivity contribution < 1.29 is 27.5 Å². The second-order valence-electron chi connectivity index (χ2n) is 9.66. The van der Waals surface area contributed by atoms with Gasteiger partial charge >= 0.3 is 6.18 Å². The van der Waals surface area contributed by atoms with Crippen LogP contribution in [0.25, 0.3) is 11.0 Å². The van der Waals surface area contributed by atoms with Gasteiger partial charge in [0, 0.05) is 45.3 Å². The summed E-state index contributed by atoms with van der Waals surface area (Å²) in [5.41, 5.74) is 3.28. The first-order valence-corrected chi connectivity index (χ1v) is 13.3. The van der Waals surface area contributed by atoms with E-state index in [4.69, 9.17) is 0 Å². The molecule has 222 valence electrons. The van der Waals surface area contributed by atoms with Gasteiger partial charge in [-0.25, -0.2) is 4.98 Å². The summed E-state index contributed by atoms with van der Waals surface area (Å²) in [7, 11) is 3.56. The van der Waals surface area contributed by atoms with Gasteiger partial charge in [0.25, 0.3) is 5.91 Å². The molecule has 1 aliphatic rings. The van der Waals surface area contributed by atoms with Crippen LogP contribution < -0.4 is 10.6 Å². The van der Waals surface area contributed by atoms with Gasteiger partial charge in [-0.1, -0.05) is 25.3 Å². The highest BCUT2D eigenvalue weighted by Gasteiger charge is 2.27. The molecule has 0 atom stereocenters. The van der Waals surface area contributed by atoms with Crippen LogP contribution >= 0.6 is 0 Å². The summed E-state index contributed by atoms with van der Waals surface area (Å²) in [5.74, 6) is 0.499. The number of rotatable bonds is 12. The van der Waals surface area contributed by atoms with E-state index in [9.17, 15) is 22.8 Å². The number of likely N-dealkylation sites (N-methyl/N-ethyl adjacent to an activating group) is 1. The topological polar surface area (TPSA) is 117 Å². The number of fused-ring (bicyclic) bond motifs is 1. The van der Waals surface area contributed by atoms with Crippen LogP contribution in [0.1, 0.15) is 61.0 Å². The molecule has 2 amide bonds. The van der Waals surface area contributed by atoms with Crippen molar-refractivity contribution >= 4 is 23.4 Å². The molecule has 10 nitrogen and oxygen atoms in total. The average molecular weight is 568 g/mol. The second-order valence-corrected chi connectivity index (χ2v) is 9.66. The molecule has 0 spiro atoms. The number of hydrogen-bond acceptors (Lipinski definition) is 6. The third kappa shape index (κ3) is 12.6. The monoisotopic (exact) mass is 567 g/mol. The van der Waals surface area contributed by atoms with Crippen LogP contribution in [0.2, 0.25) is 0 Å². The summed E-state index contributed by atoms with van der Waals surface area (Å²) in [5, 5.41) is 9.21. The fourth-order valence-corrected chi connectivity index (χ4v) is 3.42. The van der Waals surface area contributed by atoms with Crippen molar-refractivity contribution in [3.63, 3.8) is 0 Å². The van der Waals surface area contributed by atoms with E-state index in [1.807, 2.05) is 39.1 Å². The second kappa shape index (κ2) is 16.6. The maximum absolute atomic E-state index is 12.0. The van der Waals surface area contributed by atoms with E-state index >= 15 is 0 Å². The van der Waals surface area contributed by atoms with Gasteiger partial charge in [0.1, 0.15) is 18.1 Å². The molecule has 0 unspecified atom stereocenters. The number of amides is 2. The van der Waals surface area contributed by atoms with Crippen molar-refractivity contribution in [2.45, 2.75) is 58.3 Å². The number of alkyl halides is 3. The van der Waals surface area contributed by atoms with Crippen molar-refractivity contribution in [2.24, 2.45) is 0 Å². The lowest BCUT2D eigenvalue weighted by molar-refractivity contribution is -0.173. The van der Waals surface area contributed by atoms with Gasteiger partial charge in [0.15, 0.2) is 0 Å². The minimum atomic E-state index is -4.31. The zero-order chi connectivity index (χ0) is 29.5. The molecule has 0 bridgehead atoms. The summed E-state index contributed by atoms with van der Waals surface area (Å²) < 4.78 is 42.4. The molecule has 0 aliphatic heterocycles. The number of benzene rings is 1. The molecule has 40 heavy (non-hydrogen) atoms. The Morgan fingerprint density at radius 2 is 1.98 bits per heavy atom. The van der Waals surface area contributed by atoms with Crippen LogP contribution in [-0.4, -0.2) is 83.5 Å². The highest BCUT2D eigenvalue weighted by atomic mass is 19.4. The smallest absolute Gasteiger partial charge is 0.372 e. The number of carbonyl (C=O) groups excluding carboxylic acids is 2. The molecular formula is C27H40F3N7O3. The maximum atomic E-state index is 12.0. The predicted molar refractivity (Wildman–Crippen MR) is 147 cm³/mol. The standard InChI is InChI=1S/C16H21F3N4O2.C8H13N3O.C3H6/c1-23(6-5-20-11-24)9-12-2-3-13-14(8-12)22-15(21-13)4-7-25-10-16(17,18)19;1-6(2)11-7(4-5-10-11)8(12)9-3;1-2-3-1/h2-3,8,11H,4-7,9-10H2,1H3,(H,20,24)(H,21,22);4-6H,1-3H3,(H,9,12);1-3H2. The van der Waals surface area contributed by atoms with E-state index in [0.29, 0.717) is 31.0 Å². The van der Waals surface area contributed by atoms with E-state index in [1.165, 1.54) is 19.3 Å². The molecule has 2 aromatic heterocycles. The zero-order valence-corrected chi connectivity index (χ0v) is 23.6. The van der Waals surface area contributed by atoms with Crippen LogP contribution in [0.4, 0.5) is 13.2 Å². The molecular weight excluding hydrogens is 527 g/mol. The highest BCUT2D eigenvalue weighted by Crippen LogP contribution is 2.17. The number of carbonyl (C=O) groups is 2. The van der Waals surface area contributed by atoms with Gasteiger partial charge in [-0.05, 0) is 44.7 Å². The van der Waals surface area contributed by atoms with Gasteiger partial charge in [-0.3, -0.25) is 14.3 Å². The Morgan fingerprint density at radius 3 is 2.58 bits per heavy atom. The number of halogens is 3. The Kier molecular flexibility index (Phi) is 13.6. The summed E-state index contributed by atoms with van der Waals surface area (Å²) in [6.07, 6.45) is 2.78. The van der Waals surface area contributed by atoms with Crippen molar-refractivity contribution in [3.05, 3.63) is 47.5 Å². The lowest BCUT2D eigenvalue weighted by atomic mass is 10.2. The first-order chi connectivity index (χ1) is 19.0. The average Bonchev–Trinajstić information content (AvgIpc) is 3.60. The molecule has 0 saturated heterocycles. The number of H-pyrrole nitrogens is 1. The van der Waals surface area contributed by atoms with Gasteiger partial charge < -0.3 is 25.3 Å². The van der Waals surface area contributed by atoms with Crippen molar-refractivity contribution in [1.82, 2.24) is 35.3 Å². The summed E-state index contributed by atoms with van der Waals surface area (Å²) in [6, 6.07) is 7.72. The van der Waals surface area contributed by atoms with Crippen LogP contribution in [0.3, 0.4) is 0 Å². The minimum absolute atomic E-state index is 0.0430. The Balaban J connectivity index is 0.000000307. The first-order valence-electron chi connectivity index (χ1n) is 13.3. The quantitative estimate of drug-likeness (QED) is 0.226. The minimum Gasteiger partial charge on any atom is -0.372 e. The molecule has 0 radical (unpaired) electrons. The molecule has 4 rings (SSSR count). The molecule has 1 saturated carbocycles. The molecule has 3 aromatic rings. The Bertz CT molecular complexity index is 1170. The first kappa shape index (κ1) is 32.8. The third-order valence-corrected chi connectivity index (χ3v) is 5.49. The number of aromatic amines is 1. The maximum Gasteiger partial charge on any atom is 0.411 e. The molecule has 3 N–H and O–H groups in total. The largest absolute Gasteiger partial charge is 0.411 e. The van der Waals surface area contributed by atoms with Crippen LogP contribution in [0, 0.1) is 0 Å². The van der Waals surface area contributed by atoms with E-state index in [0.717, 1.165) is 23.1 Å². The van der Waals surface area contributed by atoms with E-state index in [-0.39, 0.29) is 25.0 Å². The number of ether oxygens (including phenoxy) is 1. The van der Waals surface area contributed by atoms with E-state index in [1.54, 1.807) is 24.0 Å². The normalized spacial score (nSPS) is 12.4. The van der Waals surface area contributed by atoms with Crippen LogP contribution in [-0.2, 0) is 22.5 Å². The Morgan fingerprint density at radius 1 is 1.25 bits per heavy atom. The fraction of sp³-hybridized carbons (Fsp3) is 0.556. The SMILES string of the molecule is C1CC1.CN(CCNC=O)Cc1ccc2nc(CCOCC(F)(F)F)[nH]c2c1.CNC(=O)c1ccnn1C(C)C.